The number of aliphatic hydroxyl groups is 1. The van der Waals surface area contributed by atoms with Crippen LogP contribution in [0.25, 0.3) is 11.1 Å². The number of amides is 1. The van der Waals surface area contributed by atoms with Crippen molar-refractivity contribution in [1.82, 2.24) is 10.3 Å². The summed E-state index contributed by atoms with van der Waals surface area (Å²) in [7, 11) is 0. The van der Waals surface area contributed by atoms with Crippen LogP contribution < -0.4 is 5.32 Å². The van der Waals surface area contributed by atoms with Crippen LogP contribution in [0.1, 0.15) is 12.7 Å². The minimum Gasteiger partial charge on any atom is -0.466 e. The molecule has 0 aliphatic carbocycles. The summed E-state index contributed by atoms with van der Waals surface area (Å²) in [5.74, 6) is 0.342. The molecule has 1 atom stereocenters. The number of benzene rings is 1. The molecule has 1 amide bonds. The van der Waals surface area contributed by atoms with E-state index in [1.54, 1.807) is 19.1 Å². The number of furan rings is 1. The van der Waals surface area contributed by atoms with Crippen LogP contribution in [0.4, 0.5) is 0 Å². The maximum Gasteiger partial charge on any atom is 0.257 e. The first-order chi connectivity index (χ1) is 11.0. The lowest BCUT2D eigenvalue weighted by molar-refractivity contribution is -0.119. The molecule has 0 spiro atoms. The molecule has 0 radical (unpaired) electrons. The molecule has 6 nitrogen and oxygen atoms in total. The van der Waals surface area contributed by atoms with Crippen molar-refractivity contribution in [1.29, 1.82) is 0 Å². The zero-order valence-corrected chi connectivity index (χ0v) is 13.3. The Morgan fingerprint density at radius 2 is 2.17 bits per heavy atom. The van der Waals surface area contributed by atoms with Crippen LogP contribution in [0.2, 0.25) is 0 Å². The van der Waals surface area contributed by atoms with Gasteiger partial charge in [0.05, 0.1) is 18.6 Å². The highest BCUT2D eigenvalue weighted by molar-refractivity contribution is 7.99. The number of nitrogens with one attached hydrogen (secondary N) is 1. The fraction of sp³-hybridized carbons (Fsp3) is 0.250. The van der Waals surface area contributed by atoms with Crippen molar-refractivity contribution in [2.75, 3.05) is 12.3 Å². The second-order valence-corrected chi connectivity index (χ2v) is 6.19. The van der Waals surface area contributed by atoms with Gasteiger partial charge in [-0.05, 0) is 31.2 Å². The normalized spacial score (nSPS) is 13.8. The van der Waals surface area contributed by atoms with Gasteiger partial charge in [0.25, 0.3) is 5.22 Å². The molecule has 0 saturated carbocycles. The summed E-state index contributed by atoms with van der Waals surface area (Å²) in [6.45, 7) is 1.65. The fourth-order valence-electron chi connectivity index (χ4n) is 2.03. The summed E-state index contributed by atoms with van der Waals surface area (Å²) in [5, 5.41) is 13.4. The number of carbonyl (C=O) groups is 1. The Morgan fingerprint density at radius 1 is 1.35 bits per heavy atom. The molecule has 120 valence electrons. The Kier molecular flexibility index (Phi) is 4.40. The van der Waals surface area contributed by atoms with Crippen molar-refractivity contribution in [2.24, 2.45) is 0 Å². The van der Waals surface area contributed by atoms with E-state index >= 15 is 0 Å². The molecule has 7 heteroatoms. The number of carbonyl (C=O) groups excluding carboxylic acids is 1. The Morgan fingerprint density at radius 3 is 2.91 bits per heavy atom. The lowest BCUT2D eigenvalue weighted by atomic mass is 10.0. The van der Waals surface area contributed by atoms with E-state index in [1.165, 1.54) is 18.0 Å². The van der Waals surface area contributed by atoms with Crippen LogP contribution >= 0.6 is 11.8 Å². The van der Waals surface area contributed by atoms with Gasteiger partial charge in [-0.25, -0.2) is 4.98 Å². The van der Waals surface area contributed by atoms with Gasteiger partial charge in [-0.15, -0.1) is 0 Å². The zero-order valence-electron chi connectivity index (χ0n) is 12.5. The molecule has 3 aromatic rings. The van der Waals surface area contributed by atoms with E-state index in [-0.39, 0.29) is 18.2 Å². The summed E-state index contributed by atoms with van der Waals surface area (Å²) in [6, 6.07) is 10.8. The van der Waals surface area contributed by atoms with E-state index in [0.717, 1.165) is 5.52 Å². The minimum absolute atomic E-state index is 0.0630. The van der Waals surface area contributed by atoms with Gasteiger partial charge in [0, 0.05) is 0 Å². The van der Waals surface area contributed by atoms with Crippen LogP contribution in [-0.4, -0.2) is 28.3 Å². The van der Waals surface area contributed by atoms with E-state index in [4.69, 9.17) is 8.83 Å². The fourth-order valence-corrected chi connectivity index (χ4v) is 2.70. The Bertz CT molecular complexity index is 762. The number of thioether (sulfide) groups is 1. The topological polar surface area (TPSA) is 88.5 Å². The van der Waals surface area contributed by atoms with Gasteiger partial charge in [-0.2, -0.15) is 0 Å². The van der Waals surface area contributed by atoms with Crippen LogP contribution in [0.5, 0.6) is 0 Å². The summed E-state index contributed by atoms with van der Waals surface area (Å²) < 4.78 is 10.7. The maximum absolute atomic E-state index is 11.9. The van der Waals surface area contributed by atoms with Crippen molar-refractivity contribution in [3.63, 3.8) is 0 Å². The molecule has 0 aliphatic heterocycles. The first-order valence-electron chi connectivity index (χ1n) is 7.06. The van der Waals surface area contributed by atoms with Crippen molar-refractivity contribution in [3.05, 3.63) is 48.4 Å². The number of aromatic nitrogens is 1. The lowest BCUT2D eigenvalue weighted by Gasteiger charge is -2.20. The van der Waals surface area contributed by atoms with Gasteiger partial charge >= 0.3 is 0 Å². The number of rotatable bonds is 6. The predicted molar refractivity (Wildman–Crippen MR) is 86.0 cm³/mol. The third-order valence-electron chi connectivity index (χ3n) is 3.28. The maximum atomic E-state index is 11.9. The molecule has 0 bridgehead atoms. The third kappa shape index (κ3) is 3.75. The monoisotopic (exact) mass is 332 g/mol. The van der Waals surface area contributed by atoms with Crippen LogP contribution in [0, 0.1) is 0 Å². The lowest BCUT2D eigenvalue weighted by Crippen LogP contribution is -2.39. The average Bonchev–Trinajstić information content (AvgIpc) is 3.20. The Balaban J connectivity index is 1.51. The minimum atomic E-state index is -1.25. The van der Waals surface area contributed by atoms with Crippen molar-refractivity contribution >= 4 is 28.8 Å². The first kappa shape index (κ1) is 15.6. The average molecular weight is 332 g/mol. The van der Waals surface area contributed by atoms with Gasteiger partial charge in [-0.1, -0.05) is 23.9 Å². The molecule has 0 fully saturated rings. The number of hydrogen-bond donors (Lipinski definition) is 2. The number of para-hydroxylation sites is 2. The molecule has 0 saturated heterocycles. The molecule has 1 unspecified atom stereocenters. The molecule has 1 aromatic carbocycles. The quantitative estimate of drug-likeness (QED) is 0.674. The molecular weight excluding hydrogens is 316 g/mol. The van der Waals surface area contributed by atoms with Crippen molar-refractivity contribution < 1.29 is 18.7 Å². The van der Waals surface area contributed by atoms with Crippen molar-refractivity contribution in [2.45, 2.75) is 17.7 Å². The predicted octanol–water partition coefficient (Wildman–Crippen LogP) is 2.54. The van der Waals surface area contributed by atoms with Gasteiger partial charge in [0.2, 0.25) is 5.91 Å². The largest absolute Gasteiger partial charge is 0.466 e. The highest BCUT2D eigenvalue weighted by Crippen LogP contribution is 2.23. The van der Waals surface area contributed by atoms with E-state index in [0.29, 0.717) is 16.6 Å². The van der Waals surface area contributed by atoms with Gasteiger partial charge in [0.1, 0.15) is 16.9 Å². The highest BCUT2D eigenvalue weighted by atomic mass is 32.2. The second-order valence-electron chi connectivity index (χ2n) is 5.26. The Hall–Kier alpha value is -2.25. The van der Waals surface area contributed by atoms with E-state index in [2.05, 4.69) is 10.3 Å². The third-order valence-corrected chi connectivity index (χ3v) is 4.11. The van der Waals surface area contributed by atoms with Gasteiger partial charge in [0.15, 0.2) is 5.58 Å². The molecule has 3 rings (SSSR count). The SMILES string of the molecule is CC(O)(CNC(=O)CSc1nc2ccccc2o1)c1ccco1. The Labute approximate surface area is 136 Å². The van der Waals surface area contributed by atoms with E-state index in [1.807, 2.05) is 24.3 Å². The summed E-state index contributed by atoms with van der Waals surface area (Å²) in [5.41, 5.74) is 0.203. The van der Waals surface area contributed by atoms with Gasteiger partial charge in [-0.3, -0.25) is 4.79 Å². The molecule has 0 aliphatic rings. The van der Waals surface area contributed by atoms with Crippen LogP contribution in [0.15, 0.2) is 56.7 Å². The van der Waals surface area contributed by atoms with E-state index in [9.17, 15) is 9.90 Å². The summed E-state index contributed by atoms with van der Waals surface area (Å²) >= 11 is 1.21. The number of hydrogen-bond acceptors (Lipinski definition) is 6. The second kappa shape index (κ2) is 6.47. The molecule has 2 N–H and O–H groups in total. The zero-order chi connectivity index (χ0) is 16.3. The standard InChI is InChI=1S/C16H16N2O4S/c1-16(20,13-7-4-8-21-13)10-17-14(19)9-23-15-18-11-5-2-3-6-12(11)22-15/h2-8,20H,9-10H2,1H3,(H,17,19). The van der Waals surface area contributed by atoms with Gasteiger partial charge < -0.3 is 19.3 Å². The van der Waals surface area contributed by atoms with E-state index < -0.39 is 5.60 Å². The molecule has 2 heterocycles. The van der Waals surface area contributed by atoms with Crippen LogP contribution in [0.3, 0.4) is 0 Å². The first-order valence-corrected chi connectivity index (χ1v) is 8.04. The van der Waals surface area contributed by atoms with Crippen molar-refractivity contribution in [3.8, 4) is 0 Å². The molecule has 2 aromatic heterocycles. The van der Waals surface area contributed by atoms with Crippen LogP contribution in [-0.2, 0) is 10.4 Å². The summed E-state index contributed by atoms with van der Waals surface area (Å²) in [6.07, 6.45) is 1.48. The molecular formula is C16H16N2O4S. The number of nitrogens with zero attached hydrogens (tertiary/aromatic N) is 1. The number of oxazole rings is 1. The smallest absolute Gasteiger partial charge is 0.257 e. The summed E-state index contributed by atoms with van der Waals surface area (Å²) in [4.78, 5) is 16.2. The highest BCUT2D eigenvalue weighted by Gasteiger charge is 2.26. The number of fused-ring (bicyclic) bond motifs is 1. The molecule has 23 heavy (non-hydrogen) atoms.